The van der Waals surface area contributed by atoms with Gasteiger partial charge in [-0.2, -0.15) is 0 Å². The fraction of sp³-hybridized carbons (Fsp3) is 0.438. The number of nitrogens with zero attached hydrogens (tertiary/aromatic N) is 2. The molecule has 1 aliphatic heterocycles. The van der Waals surface area contributed by atoms with Crippen LogP contribution in [0, 0.1) is 0 Å². The number of carbonyl (C=O) groups excluding carboxylic acids is 2. The Balaban J connectivity index is 1.46. The lowest BCUT2D eigenvalue weighted by Gasteiger charge is -2.20. The predicted octanol–water partition coefficient (Wildman–Crippen LogP) is 2.82. The van der Waals surface area contributed by atoms with Gasteiger partial charge in [-0.05, 0) is 25.0 Å². The highest BCUT2D eigenvalue weighted by molar-refractivity contribution is 7.22. The van der Waals surface area contributed by atoms with Gasteiger partial charge < -0.3 is 10.2 Å². The molecule has 1 aromatic heterocycles. The third-order valence-corrected chi connectivity index (χ3v) is 4.80. The summed E-state index contributed by atoms with van der Waals surface area (Å²) in [6.45, 7) is 1.80. The topological polar surface area (TPSA) is 74.3 Å². The minimum Gasteiger partial charge on any atom is -0.341 e. The Labute approximate surface area is 138 Å². The van der Waals surface area contributed by atoms with Crippen molar-refractivity contribution in [2.24, 2.45) is 0 Å². The van der Waals surface area contributed by atoms with Gasteiger partial charge in [0.15, 0.2) is 5.13 Å². The number of nitrogens with one attached hydrogen (secondary N) is 2. The van der Waals surface area contributed by atoms with E-state index in [0.717, 1.165) is 36.0 Å². The molecule has 2 aromatic rings. The average Bonchev–Trinajstić information content (AvgIpc) is 2.83. The molecular formula is C16H20N4O2S. The number of hydrogen-bond acceptors (Lipinski definition) is 4. The van der Waals surface area contributed by atoms with Gasteiger partial charge in [0.1, 0.15) is 0 Å². The number of rotatable bonds is 4. The molecule has 0 radical (unpaired) electrons. The van der Waals surface area contributed by atoms with Crippen molar-refractivity contribution in [2.75, 3.05) is 25.0 Å². The molecule has 0 spiro atoms. The number of likely N-dealkylation sites (tertiary alicyclic amines) is 1. The largest absolute Gasteiger partial charge is 0.341 e. The smallest absolute Gasteiger partial charge is 0.321 e. The van der Waals surface area contributed by atoms with E-state index in [0.29, 0.717) is 24.6 Å². The van der Waals surface area contributed by atoms with Gasteiger partial charge in [-0.3, -0.25) is 10.1 Å². The highest BCUT2D eigenvalue weighted by Crippen LogP contribution is 2.25. The fourth-order valence-corrected chi connectivity index (χ4v) is 3.51. The molecule has 7 heteroatoms. The minimum atomic E-state index is -0.286. The molecule has 1 fully saturated rings. The molecule has 1 aliphatic rings. The molecule has 1 saturated heterocycles. The number of fused-ring (bicyclic) bond motifs is 1. The van der Waals surface area contributed by atoms with Crippen molar-refractivity contribution in [1.82, 2.24) is 15.2 Å². The van der Waals surface area contributed by atoms with Gasteiger partial charge in [0.05, 0.1) is 10.2 Å². The zero-order valence-corrected chi connectivity index (χ0v) is 13.7. The zero-order chi connectivity index (χ0) is 16.1. The second-order valence-electron chi connectivity index (χ2n) is 5.56. The number of anilines is 1. The maximum absolute atomic E-state index is 11.9. The maximum atomic E-state index is 11.9. The maximum Gasteiger partial charge on any atom is 0.321 e. The van der Waals surface area contributed by atoms with Crippen LogP contribution >= 0.6 is 11.3 Å². The van der Waals surface area contributed by atoms with Crippen LogP contribution in [0.4, 0.5) is 9.93 Å². The standard InChI is InChI=1S/C16H20N4O2S/c21-14-8-2-1-5-10-20(14)11-9-17-15(22)19-16-18-12-6-3-4-7-13(12)23-16/h3-4,6-7H,1-2,5,8-11H2,(H2,17,18,19,22). The van der Waals surface area contributed by atoms with Gasteiger partial charge in [-0.25, -0.2) is 9.78 Å². The first-order valence-corrected chi connectivity index (χ1v) is 8.72. The van der Waals surface area contributed by atoms with Gasteiger partial charge in [-0.15, -0.1) is 0 Å². The third-order valence-electron chi connectivity index (χ3n) is 3.85. The van der Waals surface area contributed by atoms with E-state index in [1.165, 1.54) is 11.3 Å². The summed E-state index contributed by atoms with van der Waals surface area (Å²) >= 11 is 1.44. The summed E-state index contributed by atoms with van der Waals surface area (Å²) in [6, 6.07) is 7.47. The summed E-state index contributed by atoms with van der Waals surface area (Å²) in [5, 5.41) is 6.11. The summed E-state index contributed by atoms with van der Waals surface area (Å²) in [5.41, 5.74) is 0.878. The quantitative estimate of drug-likeness (QED) is 0.904. The van der Waals surface area contributed by atoms with E-state index >= 15 is 0 Å². The van der Waals surface area contributed by atoms with Crippen molar-refractivity contribution >= 4 is 38.6 Å². The third kappa shape index (κ3) is 4.19. The summed E-state index contributed by atoms with van der Waals surface area (Å²) in [7, 11) is 0. The molecule has 0 saturated carbocycles. The number of aromatic nitrogens is 1. The van der Waals surface area contributed by atoms with Crippen LogP contribution in [0.3, 0.4) is 0 Å². The number of amides is 3. The first-order valence-electron chi connectivity index (χ1n) is 7.90. The van der Waals surface area contributed by atoms with Gasteiger partial charge in [-0.1, -0.05) is 29.9 Å². The Bertz CT molecular complexity index is 667. The Morgan fingerprint density at radius 1 is 1.26 bits per heavy atom. The molecule has 3 amide bonds. The van der Waals surface area contributed by atoms with Crippen LogP contribution in [0.1, 0.15) is 25.7 Å². The molecule has 0 unspecified atom stereocenters. The van der Waals surface area contributed by atoms with E-state index in [2.05, 4.69) is 15.6 Å². The van der Waals surface area contributed by atoms with E-state index in [-0.39, 0.29) is 11.9 Å². The van der Waals surface area contributed by atoms with Crippen LogP contribution in [0.5, 0.6) is 0 Å². The first-order chi connectivity index (χ1) is 11.2. The summed E-state index contributed by atoms with van der Waals surface area (Å²) < 4.78 is 1.04. The van der Waals surface area contributed by atoms with Crippen LogP contribution < -0.4 is 10.6 Å². The molecule has 1 aromatic carbocycles. The molecule has 23 heavy (non-hydrogen) atoms. The fourth-order valence-electron chi connectivity index (χ4n) is 2.65. The number of carbonyl (C=O) groups is 2. The summed E-state index contributed by atoms with van der Waals surface area (Å²) in [4.78, 5) is 30.0. The van der Waals surface area contributed by atoms with Crippen molar-refractivity contribution in [3.05, 3.63) is 24.3 Å². The molecule has 0 atom stereocenters. The highest BCUT2D eigenvalue weighted by atomic mass is 32.1. The van der Waals surface area contributed by atoms with E-state index in [9.17, 15) is 9.59 Å². The van der Waals surface area contributed by atoms with Crippen molar-refractivity contribution in [3.8, 4) is 0 Å². The van der Waals surface area contributed by atoms with Crippen LogP contribution in [0.15, 0.2) is 24.3 Å². The Hall–Kier alpha value is -2.15. The van der Waals surface area contributed by atoms with Crippen molar-refractivity contribution in [2.45, 2.75) is 25.7 Å². The number of urea groups is 1. The molecule has 6 nitrogen and oxygen atoms in total. The van der Waals surface area contributed by atoms with Crippen LogP contribution in [0.25, 0.3) is 10.2 Å². The van der Waals surface area contributed by atoms with Gasteiger partial charge in [0, 0.05) is 26.1 Å². The first kappa shape index (κ1) is 15.7. The van der Waals surface area contributed by atoms with Crippen molar-refractivity contribution < 1.29 is 9.59 Å². The SMILES string of the molecule is O=C(NCCN1CCCCCC1=O)Nc1nc2ccccc2s1. The van der Waals surface area contributed by atoms with Crippen LogP contribution in [0.2, 0.25) is 0 Å². The molecule has 0 aliphatic carbocycles. The summed E-state index contributed by atoms with van der Waals surface area (Å²) in [6.07, 6.45) is 3.75. The Kier molecular flexibility index (Phi) is 5.07. The van der Waals surface area contributed by atoms with E-state index in [1.54, 1.807) is 0 Å². The molecule has 2 heterocycles. The van der Waals surface area contributed by atoms with E-state index in [1.807, 2.05) is 29.2 Å². The zero-order valence-electron chi connectivity index (χ0n) is 12.9. The highest BCUT2D eigenvalue weighted by Gasteiger charge is 2.16. The van der Waals surface area contributed by atoms with Crippen molar-refractivity contribution in [3.63, 3.8) is 0 Å². The van der Waals surface area contributed by atoms with Crippen LogP contribution in [-0.4, -0.2) is 41.5 Å². The van der Waals surface area contributed by atoms with E-state index < -0.39 is 0 Å². The Morgan fingerprint density at radius 2 is 2.13 bits per heavy atom. The lowest BCUT2D eigenvalue weighted by molar-refractivity contribution is -0.130. The normalized spacial score (nSPS) is 15.5. The van der Waals surface area contributed by atoms with Crippen LogP contribution in [-0.2, 0) is 4.79 Å². The second-order valence-corrected chi connectivity index (χ2v) is 6.59. The molecule has 3 rings (SSSR count). The number of thiazole rings is 1. The number of hydrogen-bond donors (Lipinski definition) is 2. The van der Waals surface area contributed by atoms with Gasteiger partial charge in [0.25, 0.3) is 0 Å². The molecule has 0 bridgehead atoms. The molecular weight excluding hydrogens is 312 g/mol. The second kappa shape index (κ2) is 7.41. The lowest BCUT2D eigenvalue weighted by atomic mass is 10.2. The molecule has 2 N–H and O–H groups in total. The van der Waals surface area contributed by atoms with Crippen molar-refractivity contribution in [1.29, 1.82) is 0 Å². The van der Waals surface area contributed by atoms with E-state index in [4.69, 9.17) is 0 Å². The monoisotopic (exact) mass is 332 g/mol. The molecule has 122 valence electrons. The summed E-state index contributed by atoms with van der Waals surface area (Å²) in [5.74, 6) is 0.191. The number of para-hydroxylation sites is 1. The minimum absolute atomic E-state index is 0.191. The average molecular weight is 332 g/mol. The lowest BCUT2D eigenvalue weighted by Crippen LogP contribution is -2.39. The number of benzene rings is 1. The Morgan fingerprint density at radius 3 is 3.00 bits per heavy atom. The predicted molar refractivity (Wildman–Crippen MR) is 91.7 cm³/mol. The van der Waals surface area contributed by atoms with Gasteiger partial charge >= 0.3 is 6.03 Å². The van der Waals surface area contributed by atoms with Gasteiger partial charge in [0.2, 0.25) is 5.91 Å².